The minimum atomic E-state index is 0.382. The molecule has 5 rings (SSSR count). The minimum Gasteiger partial charge on any atom is -0.337 e. The zero-order valence-corrected chi connectivity index (χ0v) is 10.7. The number of hydrogen-bond acceptors (Lipinski definition) is 2. The van der Waals surface area contributed by atoms with Crippen molar-refractivity contribution in [2.45, 2.75) is 56.8 Å². The van der Waals surface area contributed by atoms with E-state index in [9.17, 15) is 0 Å². The predicted octanol–water partition coefficient (Wildman–Crippen LogP) is 2.37. The maximum absolute atomic E-state index is 5.89. The third-order valence-corrected chi connectivity index (χ3v) is 6.08. The number of piperidine rings is 1. The Hall–Kier alpha value is -0.690. The SMILES string of the molecule is [C+]1=CC2OC2C2=C1C[C@H]1NCC[C@@]23CCCC[C@@H]13. The van der Waals surface area contributed by atoms with Gasteiger partial charge >= 0.3 is 0 Å². The minimum absolute atomic E-state index is 0.382. The molecule has 5 aliphatic rings. The number of ether oxygens (including phenoxy) is 1. The number of epoxide rings is 1. The standard InChI is InChI=1S/C16H20NO/c1-2-6-16-7-8-17-12(11(16)3-1)9-10-4-5-13-15(18-13)14(10)16/h5,11-13,15,17H,1-3,6-9H2/q+1/t11-,12+,13?,15?,16+/m0/s1. The van der Waals surface area contributed by atoms with Crippen LogP contribution < -0.4 is 5.32 Å². The molecule has 3 aliphatic carbocycles. The second-order valence-corrected chi connectivity index (χ2v) is 6.75. The van der Waals surface area contributed by atoms with Crippen LogP contribution >= 0.6 is 0 Å². The van der Waals surface area contributed by atoms with Crippen molar-refractivity contribution >= 4 is 0 Å². The van der Waals surface area contributed by atoms with Gasteiger partial charge in [-0.25, -0.2) is 0 Å². The molecule has 2 bridgehead atoms. The van der Waals surface area contributed by atoms with Gasteiger partial charge in [0.2, 0.25) is 0 Å². The number of nitrogens with one attached hydrogen (secondary N) is 1. The van der Waals surface area contributed by atoms with Gasteiger partial charge in [-0.15, -0.1) is 0 Å². The molecule has 2 nitrogen and oxygen atoms in total. The van der Waals surface area contributed by atoms with E-state index in [0.717, 1.165) is 5.92 Å². The van der Waals surface area contributed by atoms with Crippen molar-refractivity contribution in [2.75, 3.05) is 6.54 Å². The van der Waals surface area contributed by atoms with Gasteiger partial charge in [-0.1, -0.05) is 12.8 Å². The van der Waals surface area contributed by atoms with Gasteiger partial charge in [0.05, 0.1) is 17.6 Å². The first-order chi connectivity index (χ1) is 8.88. The number of rotatable bonds is 0. The number of allylic oxidation sites excluding steroid dienone is 1. The van der Waals surface area contributed by atoms with Gasteiger partial charge in [-0.05, 0) is 25.8 Å². The molecule has 0 aromatic heterocycles. The smallest absolute Gasteiger partial charge is 0.178 e. The molecule has 94 valence electrons. The van der Waals surface area contributed by atoms with E-state index >= 15 is 0 Å². The Kier molecular flexibility index (Phi) is 1.83. The molecule has 2 unspecified atom stereocenters. The molecule has 0 radical (unpaired) electrons. The molecule has 2 saturated heterocycles. The molecule has 0 aromatic rings. The van der Waals surface area contributed by atoms with Crippen LogP contribution in [0.4, 0.5) is 0 Å². The van der Waals surface area contributed by atoms with E-state index in [0.29, 0.717) is 23.7 Å². The highest BCUT2D eigenvalue weighted by Crippen LogP contribution is 2.61. The molecule has 1 saturated carbocycles. The lowest BCUT2D eigenvalue weighted by Crippen LogP contribution is -2.57. The van der Waals surface area contributed by atoms with Crippen LogP contribution in [0.3, 0.4) is 0 Å². The Morgan fingerprint density at radius 1 is 1.33 bits per heavy atom. The Morgan fingerprint density at radius 2 is 2.33 bits per heavy atom. The summed E-state index contributed by atoms with van der Waals surface area (Å²) in [7, 11) is 0. The van der Waals surface area contributed by atoms with Crippen molar-refractivity contribution in [2.24, 2.45) is 11.3 Å². The fourth-order valence-electron chi connectivity index (χ4n) is 5.36. The van der Waals surface area contributed by atoms with Crippen LogP contribution in [0.5, 0.6) is 0 Å². The topological polar surface area (TPSA) is 24.6 Å². The molecule has 0 amide bonds. The van der Waals surface area contributed by atoms with Crippen LogP contribution in [-0.4, -0.2) is 24.8 Å². The molecule has 2 heteroatoms. The molecular weight excluding hydrogens is 222 g/mol. The average molecular weight is 242 g/mol. The predicted molar refractivity (Wildman–Crippen MR) is 68.9 cm³/mol. The summed E-state index contributed by atoms with van der Waals surface area (Å²) in [6, 6.07) is 0.717. The summed E-state index contributed by atoms with van der Waals surface area (Å²) in [6.45, 7) is 1.21. The second kappa shape index (κ2) is 3.25. The summed E-state index contributed by atoms with van der Waals surface area (Å²) < 4.78 is 5.89. The zero-order valence-electron chi connectivity index (χ0n) is 10.7. The molecule has 0 aromatic carbocycles. The quantitative estimate of drug-likeness (QED) is 0.521. The van der Waals surface area contributed by atoms with Crippen molar-refractivity contribution in [1.82, 2.24) is 5.32 Å². The van der Waals surface area contributed by atoms with E-state index < -0.39 is 0 Å². The second-order valence-electron chi connectivity index (χ2n) is 6.75. The molecule has 3 fully saturated rings. The maximum Gasteiger partial charge on any atom is 0.178 e. The molecule has 0 spiro atoms. The van der Waals surface area contributed by atoms with Crippen molar-refractivity contribution in [3.05, 3.63) is 23.3 Å². The van der Waals surface area contributed by atoms with E-state index in [1.807, 2.05) is 0 Å². The molecular formula is C16H20NO+. The fourth-order valence-corrected chi connectivity index (χ4v) is 5.36. The Morgan fingerprint density at radius 3 is 3.33 bits per heavy atom. The third kappa shape index (κ3) is 1.10. The normalized spacial score (nSPS) is 52.0. The number of hydrogen-bond donors (Lipinski definition) is 1. The van der Waals surface area contributed by atoms with Crippen LogP contribution in [-0.2, 0) is 4.74 Å². The van der Waals surface area contributed by atoms with Gasteiger partial charge in [-0.3, -0.25) is 0 Å². The summed E-state index contributed by atoms with van der Waals surface area (Å²) in [4.78, 5) is 0. The first-order valence-electron chi connectivity index (χ1n) is 7.61. The van der Waals surface area contributed by atoms with Gasteiger partial charge in [0.15, 0.2) is 17.8 Å². The monoisotopic (exact) mass is 242 g/mol. The van der Waals surface area contributed by atoms with Crippen LogP contribution in [0.25, 0.3) is 0 Å². The van der Waals surface area contributed by atoms with E-state index in [-0.39, 0.29) is 0 Å². The lowest BCUT2D eigenvalue weighted by molar-refractivity contribution is 0.0379. The summed E-state index contributed by atoms with van der Waals surface area (Å²) in [5.41, 5.74) is 3.68. The van der Waals surface area contributed by atoms with Gasteiger partial charge < -0.3 is 10.1 Å². The van der Waals surface area contributed by atoms with Crippen molar-refractivity contribution < 1.29 is 4.74 Å². The number of fused-ring (bicyclic) bond motifs is 2. The van der Waals surface area contributed by atoms with Crippen LogP contribution in [0.1, 0.15) is 38.5 Å². The highest BCUT2D eigenvalue weighted by atomic mass is 16.6. The van der Waals surface area contributed by atoms with Crippen LogP contribution in [0.15, 0.2) is 17.2 Å². The van der Waals surface area contributed by atoms with Gasteiger partial charge in [0.1, 0.15) is 5.57 Å². The first-order valence-corrected chi connectivity index (χ1v) is 7.61. The van der Waals surface area contributed by atoms with Crippen LogP contribution in [0.2, 0.25) is 0 Å². The maximum atomic E-state index is 5.89. The molecule has 2 heterocycles. The summed E-state index contributed by atoms with van der Waals surface area (Å²) in [5, 5.41) is 3.78. The van der Waals surface area contributed by atoms with Gasteiger partial charge in [-0.2, -0.15) is 0 Å². The first kappa shape index (κ1) is 10.1. The fraction of sp³-hybridized carbons (Fsp3) is 0.750. The van der Waals surface area contributed by atoms with Crippen molar-refractivity contribution in [3.8, 4) is 0 Å². The van der Waals surface area contributed by atoms with Gasteiger partial charge in [0.25, 0.3) is 0 Å². The van der Waals surface area contributed by atoms with Crippen molar-refractivity contribution in [3.63, 3.8) is 0 Å². The molecule has 18 heavy (non-hydrogen) atoms. The Labute approximate surface area is 108 Å². The Balaban J connectivity index is 1.70. The lowest BCUT2D eigenvalue weighted by atomic mass is 9.51. The van der Waals surface area contributed by atoms with Gasteiger partial charge in [0, 0.05) is 18.4 Å². The third-order valence-electron chi connectivity index (χ3n) is 6.08. The van der Waals surface area contributed by atoms with Crippen molar-refractivity contribution in [1.29, 1.82) is 0 Å². The zero-order chi connectivity index (χ0) is 11.7. The Bertz CT molecular complexity index is 462. The summed E-state index contributed by atoms with van der Waals surface area (Å²) in [6.07, 6.45) is 14.8. The van der Waals surface area contributed by atoms with E-state index in [4.69, 9.17) is 4.74 Å². The average Bonchev–Trinajstić information content (AvgIpc) is 3.17. The largest absolute Gasteiger partial charge is 0.337 e. The highest BCUT2D eigenvalue weighted by molar-refractivity contribution is 5.44. The molecule has 1 N–H and O–H groups in total. The molecule has 2 aliphatic heterocycles. The van der Waals surface area contributed by atoms with Crippen LogP contribution in [0, 0.1) is 17.4 Å². The van der Waals surface area contributed by atoms with E-state index in [1.54, 1.807) is 5.57 Å². The molecule has 5 atom stereocenters. The summed E-state index contributed by atoms with van der Waals surface area (Å²) in [5.74, 6) is 0.878. The highest BCUT2D eigenvalue weighted by Gasteiger charge is 2.65. The lowest BCUT2D eigenvalue weighted by Gasteiger charge is -2.52. The van der Waals surface area contributed by atoms with E-state index in [2.05, 4.69) is 17.5 Å². The van der Waals surface area contributed by atoms with E-state index in [1.165, 1.54) is 50.6 Å². The summed E-state index contributed by atoms with van der Waals surface area (Å²) >= 11 is 0.